The van der Waals surface area contributed by atoms with Crippen molar-refractivity contribution in [1.82, 2.24) is 24.9 Å². The summed E-state index contributed by atoms with van der Waals surface area (Å²) in [5, 5.41) is 37.1. The Morgan fingerprint density at radius 2 is 1.60 bits per heavy atom. The molecule has 0 spiro atoms. The lowest BCUT2D eigenvalue weighted by molar-refractivity contribution is -0.432. The van der Waals surface area contributed by atoms with E-state index in [4.69, 9.17) is 28.5 Å². The molecule has 0 fully saturated rings. The molecule has 0 saturated heterocycles. The van der Waals surface area contributed by atoms with E-state index in [1.807, 2.05) is 0 Å². The number of aromatic hydroxyl groups is 1. The summed E-state index contributed by atoms with van der Waals surface area (Å²) in [6, 6.07) is 9.99. The van der Waals surface area contributed by atoms with Gasteiger partial charge in [0.2, 0.25) is 22.5 Å². The van der Waals surface area contributed by atoms with Gasteiger partial charge in [-0.05, 0) is 71.1 Å². The van der Waals surface area contributed by atoms with Gasteiger partial charge < -0.3 is 15.7 Å². The van der Waals surface area contributed by atoms with Crippen LogP contribution in [0.5, 0.6) is 5.75 Å². The van der Waals surface area contributed by atoms with Crippen molar-refractivity contribution in [2.45, 2.75) is 9.79 Å². The normalized spacial score (nSPS) is 11.8. The van der Waals surface area contributed by atoms with Crippen molar-refractivity contribution >= 4 is 90.7 Å². The third kappa shape index (κ3) is 7.82. The van der Waals surface area contributed by atoms with Crippen molar-refractivity contribution in [3.8, 4) is 5.75 Å². The predicted molar refractivity (Wildman–Crippen MR) is 155 cm³/mol. The van der Waals surface area contributed by atoms with Crippen molar-refractivity contribution in [2.75, 3.05) is 10.6 Å². The first-order valence-electron chi connectivity index (χ1n) is 11.7. The zero-order valence-electron chi connectivity index (χ0n) is 21.6. The summed E-state index contributed by atoms with van der Waals surface area (Å²) >= 11 is 12.0. The number of anilines is 4. The molecule has 0 aliphatic carbocycles. The minimum Gasteiger partial charge on any atom is -0.505 e. The van der Waals surface area contributed by atoms with E-state index in [1.54, 1.807) is 12.1 Å². The molecule has 16 nitrogen and oxygen atoms in total. The maximum absolute atomic E-state index is 13.5. The van der Waals surface area contributed by atoms with Gasteiger partial charge in [0, 0.05) is 22.8 Å². The van der Waals surface area contributed by atoms with Crippen LogP contribution in [-0.2, 0) is 19.5 Å². The van der Waals surface area contributed by atoms with Gasteiger partial charge in [-0.2, -0.15) is 42.1 Å². The number of fused-ring (bicyclic) bond motifs is 1. The van der Waals surface area contributed by atoms with Gasteiger partial charge in [0.15, 0.2) is 5.75 Å². The molecular formula is C23H13Cl2F2N9O7S2. The number of phenolic OH excluding ortho intramolecular Hbond substituents is 1. The molecule has 0 atom stereocenters. The summed E-state index contributed by atoms with van der Waals surface area (Å²) in [5.41, 5.74) is -0.276. The summed E-state index contributed by atoms with van der Waals surface area (Å²) in [7, 11) is -4.86. The second kappa shape index (κ2) is 13.3. The van der Waals surface area contributed by atoms with E-state index in [0.717, 1.165) is 24.3 Å². The van der Waals surface area contributed by atoms with Crippen LogP contribution in [0.3, 0.4) is 0 Å². The largest absolute Gasteiger partial charge is 0.505 e. The van der Waals surface area contributed by atoms with Gasteiger partial charge in [-0.1, -0.05) is 5.04 Å². The Morgan fingerprint density at radius 3 is 2.29 bits per heavy atom. The van der Waals surface area contributed by atoms with Crippen molar-refractivity contribution in [3.63, 3.8) is 0 Å². The summed E-state index contributed by atoms with van der Waals surface area (Å²) in [6.45, 7) is 0. The molecule has 0 amide bonds. The highest BCUT2D eigenvalue weighted by atomic mass is 35.5. The van der Waals surface area contributed by atoms with E-state index in [2.05, 4.69) is 55.2 Å². The monoisotopic (exact) mass is 699 g/mol. The molecule has 22 heteroatoms. The van der Waals surface area contributed by atoms with Crippen LogP contribution < -0.4 is 10.6 Å². The van der Waals surface area contributed by atoms with E-state index < -0.39 is 38.5 Å². The first-order chi connectivity index (χ1) is 21.4. The predicted octanol–water partition coefficient (Wildman–Crippen LogP) is 6.68. The maximum Gasteiger partial charge on any atom is 0.313 e. The van der Waals surface area contributed by atoms with Crippen LogP contribution in [0.2, 0.25) is 10.6 Å². The molecule has 45 heavy (non-hydrogen) atoms. The Bertz CT molecular complexity index is 2040. The van der Waals surface area contributed by atoms with E-state index in [-0.39, 0.29) is 44.0 Å². The van der Waals surface area contributed by atoms with E-state index in [1.165, 1.54) is 12.1 Å². The third-order valence-electron chi connectivity index (χ3n) is 5.48. The second-order valence-corrected chi connectivity index (χ2v) is 11.2. The summed E-state index contributed by atoms with van der Waals surface area (Å²) in [4.78, 5) is 17.1. The quantitative estimate of drug-likeness (QED) is 0.0195. The molecule has 0 saturated carbocycles. The van der Waals surface area contributed by atoms with Gasteiger partial charge >= 0.3 is 6.08 Å². The molecule has 0 unspecified atom stereocenters. The topological polar surface area (TPSA) is 227 Å². The van der Waals surface area contributed by atoms with Gasteiger partial charge in [0.1, 0.15) is 22.1 Å². The third-order valence-corrected chi connectivity index (χ3v) is 7.34. The molecule has 5 rings (SSSR count). The Kier molecular flexibility index (Phi) is 9.45. The van der Waals surface area contributed by atoms with Crippen molar-refractivity contribution in [1.29, 1.82) is 0 Å². The molecule has 3 aromatic carbocycles. The fourth-order valence-corrected chi connectivity index (χ4v) is 5.21. The smallest absolute Gasteiger partial charge is 0.313 e. The zero-order valence-corrected chi connectivity index (χ0v) is 24.7. The molecule has 5 aromatic rings. The standard InChI is InChI=1S/C23H13Cl2F2N9O7S2/c24-20-32-21(25)34-23(33-20)29-10-1-3-12-9(5-10)6-14(44-43-42-38)18(19(12)37)36-35-13-7-11(2-4-15(13)45(39,40)41)28-17-8-16(26)30-22(27)31-17/h1-8,37-38H,(H,28,30,31)(H,39,40,41)(H,29,32,33,34)/b36-35+. The molecule has 0 aliphatic rings. The Balaban J connectivity index is 1.55. The number of rotatable bonds is 10. The Morgan fingerprint density at radius 1 is 0.889 bits per heavy atom. The highest BCUT2D eigenvalue weighted by Gasteiger charge is 2.19. The minimum atomic E-state index is -4.86. The average molecular weight is 700 g/mol. The lowest BCUT2D eigenvalue weighted by Crippen LogP contribution is -2.02. The van der Waals surface area contributed by atoms with Gasteiger partial charge in [0.25, 0.3) is 10.1 Å². The van der Waals surface area contributed by atoms with Gasteiger partial charge in [-0.25, -0.2) is 5.26 Å². The number of hydrogen-bond donors (Lipinski definition) is 5. The zero-order chi connectivity index (χ0) is 32.3. The highest BCUT2D eigenvalue weighted by Crippen LogP contribution is 2.45. The van der Waals surface area contributed by atoms with Crippen LogP contribution in [0.1, 0.15) is 0 Å². The Labute approximate surface area is 264 Å². The molecule has 5 N–H and O–H groups in total. The van der Waals surface area contributed by atoms with Crippen LogP contribution in [0.15, 0.2) is 68.6 Å². The van der Waals surface area contributed by atoms with Crippen molar-refractivity contribution < 1.29 is 41.5 Å². The molecule has 0 aliphatic heterocycles. The fourth-order valence-electron chi connectivity index (χ4n) is 3.75. The first-order valence-corrected chi connectivity index (χ1v) is 14.6. The summed E-state index contributed by atoms with van der Waals surface area (Å²) < 4.78 is 65.3. The lowest BCUT2D eigenvalue weighted by Gasteiger charge is -2.12. The van der Waals surface area contributed by atoms with Crippen molar-refractivity contribution in [3.05, 3.63) is 71.1 Å². The number of aromatic nitrogens is 5. The number of halogens is 4. The SMILES string of the molecule is O=S(=O)(O)c1ccc(Nc2cc(F)nc(F)n2)cc1/N=N/c1c(SOOO)cc2cc(Nc3nc(Cl)nc(Cl)n3)ccc2c1O. The fraction of sp³-hybridized carbons (Fsp3) is 0. The van der Waals surface area contributed by atoms with Crippen LogP contribution in [-0.4, -0.2) is 48.3 Å². The van der Waals surface area contributed by atoms with Crippen LogP contribution in [0, 0.1) is 12.0 Å². The summed E-state index contributed by atoms with van der Waals surface area (Å²) in [5.74, 6) is -1.92. The van der Waals surface area contributed by atoms with Crippen LogP contribution >= 0.6 is 35.2 Å². The number of nitrogens with one attached hydrogen (secondary N) is 2. The molecule has 0 radical (unpaired) electrons. The minimum absolute atomic E-state index is 0.0100. The van der Waals surface area contributed by atoms with Gasteiger partial charge in [-0.3, -0.25) is 4.55 Å². The number of azo groups is 1. The van der Waals surface area contributed by atoms with E-state index in [0.29, 0.717) is 23.1 Å². The molecule has 232 valence electrons. The van der Waals surface area contributed by atoms with Crippen molar-refractivity contribution in [2.24, 2.45) is 10.2 Å². The maximum atomic E-state index is 13.5. The molecule has 2 aromatic heterocycles. The number of benzene rings is 3. The molecule has 0 bridgehead atoms. The molecule has 2 heterocycles. The van der Waals surface area contributed by atoms with Crippen LogP contribution in [0.4, 0.5) is 43.3 Å². The highest BCUT2D eigenvalue weighted by molar-refractivity contribution is 7.94. The van der Waals surface area contributed by atoms with E-state index >= 15 is 0 Å². The van der Waals surface area contributed by atoms with Gasteiger partial charge in [-0.15, -0.1) is 14.6 Å². The Hall–Kier alpha value is -4.41. The summed E-state index contributed by atoms with van der Waals surface area (Å²) in [6.07, 6.45) is -1.36. The lowest BCUT2D eigenvalue weighted by atomic mass is 10.1. The number of hydrogen-bond acceptors (Lipinski definition) is 16. The van der Waals surface area contributed by atoms with Crippen LogP contribution in [0.25, 0.3) is 10.8 Å². The molecular weight excluding hydrogens is 687 g/mol. The first kappa shape index (κ1) is 32.0. The van der Waals surface area contributed by atoms with Gasteiger partial charge in [0.05, 0.1) is 16.9 Å². The number of nitrogens with zero attached hydrogens (tertiary/aromatic N) is 7. The van der Waals surface area contributed by atoms with E-state index in [9.17, 15) is 26.9 Å². The second-order valence-electron chi connectivity index (χ2n) is 8.38. The number of phenols is 1. The average Bonchev–Trinajstić information content (AvgIpc) is 2.94.